The molecule has 3 rings (SSSR count). The first-order valence-electron chi connectivity index (χ1n) is 18.4. The summed E-state index contributed by atoms with van der Waals surface area (Å²) in [6.07, 6.45) is -5.29. The quantitative estimate of drug-likeness (QED) is 0.258. The van der Waals surface area contributed by atoms with Gasteiger partial charge in [-0.15, -0.1) is 4.37 Å². The van der Waals surface area contributed by atoms with Crippen molar-refractivity contribution in [3.63, 3.8) is 0 Å². The van der Waals surface area contributed by atoms with Gasteiger partial charge in [-0.05, 0) is 32.1 Å². The van der Waals surface area contributed by atoms with E-state index in [-0.39, 0.29) is 29.6 Å². The molecule has 1 unspecified atom stereocenters. The molecular weight excluding hydrogens is 450 g/mol. The van der Waals surface area contributed by atoms with Crippen LogP contribution in [0.3, 0.4) is 0 Å². The Labute approximate surface area is 228 Å². The Morgan fingerprint density at radius 1 is 1.15 bits per heavy atom. The van der Waals surface area contributed by atoms with E-state index in [0.29, 0.717) is 30.3 Å². The van der Waals surface area contributed by atoms with E-state index < -0.39 is 50.9 Å². The Balaban J connectivity index is 1.71. The lowest BCUT2D eigenvalue weighted by atomic mass is 9.99. The van der Waals surface area contributed by atoms with E-state index in [9.17, 15) is 4.79 Å². The highest BCUT2D eigenvalue weighted by atomic mass is 32.1. The van der Waals surface area contributed by atoms with Gasteiger partial charge in [-0.1, -0.05) is 64.2 Å². The van der Waals surface area contributed by atoms with E-state index in [1.54, 1.807) is 6.08 Å². The van der Waals surface area contributed by atoms with Crippen LogP contribution in [0.25, 0.3) is 5.57 Å². The van der Waals surface area contributed by atoms with Gasteiger partial charge in [0.05, 0.1) is 34.6 Å². The monoisotopic (exact) mass is 507 g/mol. The first-order chi connectivity index (χ1) is 21.5. The standard InChI is InChI=1S/C26H44N3O4S/c1-3-4-5-13-19-31-25-24(27-34-28-25)22-15-14-18-29(2,20-22)21-32-26(30)33-23-16-11-9-7-6-8-10-12-17-23/h15,23H,3-14,16-21H2,1-2H3/q+1/i1D3,3D2,4D2,5D2,13D2,19D2. The van der Waals surface area contributed by atoms with Crippen LogP contribution in [0, 0.1) is 0 Å². The fourth-order valence-corrected chi connectivity index (χ4v) is 4.78. The maximum absolute atomic E-state index is 12.6. The zero-order valence-electron chi connectivity index (χ0n) is 32.7. The third-order valence-corrected chi connectivity index (χ3v) is 6.58. The summed E-state index contributed by atoms with van der Waals surface area (Å²) in [5.74, 6) is -0.518. The minimum atomic E-state index is -4.06. The van der Waals surface area contributed by atoms with E-state index >= 15 is 0 Å². The molecule has 1 aliphatic carbocycles. The summed E-state index contributed by atoms with van der Waals surface area (Å²) >= 11 is 0.606. The second-order valence-electron chi connectivity index (χ2n) is 8.96. The normalized spacial score (nSPS) is 30.7. The molecule has 1 saturated carbocycles. The number of ether oxygens (including phenoxy) is 3. The van der Waals surface area contributed by atoms with Gasteiger partial charge < -0.3 is 14.2 Å². The molecule has 8 heteroatoms. The van der Waals surface area contributed by atoms with Gasteiger partial charge in [-0.2, -0.15) is 4.37 Å². The van der Waals surface area contributed by atoms with Gasteiger partial charge in [0.1, 0.15) is 18.3 Å². The van der Waals surface area contributed by atoms with Crippen molar-refractivity contribution >= 4 is 23.5 Å². The number of carbonyl (C=O) groups excluding carboxylic acids is 1. The van der Waals surface area contributed by atoms with Gasteiger partial charge in [-0.25, -0.2) is 4.79 Å². The Morgan fingerprint density at radius 2 is 1.91 bits per heavy atom. The molecule has 0 aromatic carbocycles. The largest absolute Gasteiger partial charge is 0.512 e. The van der Waals surface area contributed by atoms with Crippen molar-refractivity contribution in [2.24, 2.45) is 0 Å². The van der Waals surface area contributed by atoms with Crippen molar-refractivity contribution in [1.29, 1.82) is 0 Å². The number of carbonyl (C=O) groups is 1. The van der Waals surface area contributed by atoms with E-state index in [4.69, 9.17) is 32.0 Å². The average molecular weight is 508 g/mol. The molecule has 2 aliphatic rings. The maximum atomic E-state index is 12.6. The van der Waals surface area contributed by atoms with Crippen molar-refractivity contribution in [2.75, 3.05) is 33.4 Å². The van der Waals surface area contributed by atoms with Crippen molar-refractivity contribution < 1.29 is 41.3 Å². The zero-order valence-corrected chi connectivity index (χ0v) is 20.5. The molecule has 0 bridgehead atoms. The van der Waals surface area contributed by atoms with E-state index in [1.165, 1.54) is 19.3 Å². The molecule has 0 amide bonds. The highest BCUT2D eigenvalue weighted by Gasteiger charge is 2.31. The zero-order chi connectivity index (χ0) is 35.5. The Morgan fingerprint density at radius 3 is 2.68 bits per heavy atom. The Hall–Kier alpha value is -1.67. The number of hydrogen-bond donors (Lipinski definition) is 0. The van der Waals surface area contributed by atoms with Crippen LogP contribution in [-0.2, 0) is 9.47 Å². The lowest BCUT2D eigenvalue weighted by Crippen LogP contribution is -2.49. The van der Waals surface area contributed by atoms with Gasteiger partial charge in [-0.3, -0.25) is 4.48 Å². The molecule has 1 aromatic heterocycles. The van der Waals surface area contributed by atoms with Crippen LogP contribution in [0.15, 0.2) is 6.08 Å². The Bertz CT molecular complexity index is 1250. The smallest absolute Gasteiger partial charge is 0.475 e. The minimum Gasteiger partial charge on any atom is -0.475 e. The highest BCUT2D eigenvalue weighted by molar-refractivity contribution is 6.99. The third kappa shape index (κ3) is 9.17. The minimum absolute atomic E-state index is 0.0178. The van der Waals surface area contributed by atoms with Crippen LogP contribution in [0.2, 0.25) is 0 Å². The number of quaternary nitrogens is 1. The predicted octanol–water partition coefficient (Wildman–Crippen LogP) is 6.73. The van der Waals surface area contributed by atoms with Gasteiger partial charge in [0, 0.05) is 27.1 Å². The summed E-state index contributed by atoms with van der Waals surface area (Å²) in [5.41, 5.74) is 0.518. The lowest BCUT2D eigenvalue weighted by Gasteiger charge is -2.36. The second-order valence-corrected chi connectivity index (χ2v) is 9.49. The topological polar surface area (TPSA) is 70.5 Å². The van der Waals surface area contributed by atoms with Gasteiger partial charge in [0.25, 0.3) is 5.88 Å². The fourth-order valence-electron chi connectivity index (χ4n) is 4.26. The average Bonchev–Trinajstić information content (AvgIpc) is 3.42. The molecule has 1 aromatic rings. The third-order valence-electron chi connectivity index (χ3n) is 6.07. The van der Waals surface area contributed by atoms with Crippen LogP contribution < -0.4 is 4.74 Å². The summed E-state index contributed by atoms with van der Waals surface area (Å²) in [5, 5.41) is 0. The van der Waals surface area contributed by atoms with E-state index in [2.05, 4.69) is 8.75 Å². The fraction of sp³-hybridized carbons (Fsp3) is 0.808. The lowest BCUT2D eigenvalue weighted by molar-refractivity contribution is -0.919. The van der Waals surface area contributed by atoms with Gasteiger partial charge in [0.2, 0.25) is 6.73 Å². The highest BCUT2D eigenvalue weighted by Crippen LogP contribution is 2.30. The number of hydrogen-bond acceptors (Lipinski definition) is 7. The number of nitrogens with zero attached hydrogens (tertiary/aromatic N) is 3. The molecule has 0 saturated heterocycles. The molecule has 2 heterocycles. The van der Waals surface area contributed by atoms with Crippen LogP contribution in [0.1, 0.15) is 120 Å². The summed E-state index contributed by atoms with van der Waals surface area (Å²) in [6, 6.07) is 0. The SMILES string of the molecule is [2H]C([2H])([2H])C([2H])([2H])C([2H])([2H])C([2H])([2H])C([2H])([2H])C([2H])([2H])Oc1nsnc1C1=CCC[N+](C)(COC(=O)OC2CCCCCCCCC2)C1. The van der Waals surface area contributed by atoms with Crippen LogP contribution >= 0.6 is 11.7 Å². The van der Waals surface area contributed by atoms with E-state index in [0.717, 1.165) is 38.5 Å². The summed E-state index contributed by atoms with van der Waals surface area (Å²) in [6.45, 7) is -6.64. The number of likely N-dealkylation sites (N-methyl/N-ethyl adjacent to an activating group) is 1. The Kier molecular flexibility index (Phi) is 6.11. The molecule has 1 aliphatic heterocycles. The number of aromatic nitrogens is 2. The number of rotatable bonds is 10. The van der Waals surface area contributed by atoms with Crippen LogP contribution in [0.4, 0.5) is 4.79 Å². The molecule has 34 heavy (non-hydrogen) atoms. The van der Waals surface area contributed by atoms with Crippen LogP contribution in [0.5, 0.6) is 5.88 Å². The molecule has 7 nitrogen and oxygen atoms in total. The first kappa shape index (κ1) is 14.2. The molecule has 0 N–H and O–H groups in total. The summed E-state index contributed by atoms with van der Waals surface area (Å²) < 4.78 is 128. The van der Waals surface area contributed by atoms with Crippen molar-refractivity contribution in [1.82, 2.24) is 8.75 Å². The maximum Gasteiger partial charge on any atom is 0.512 e. The van der Waals surface area contributed by atoms with E-state index in [1.807, 2.05) is 7.05 Å². The van der Waals surface area contributed by atoms with Crippen molar-refractivity contribution in [2.45, 2.75) is 103 Å². The molecule has 1 atom stereocenters. The summed E-state index contributed by atoms with van der Waals surface area (Å²) in [4.78, 5) is 12.6. The second kappa shape index (κ2) is 14.7. The summed E-state index contributed by atoms with van der Waals surface area (Å²) in [7, 11) is 1.83. The van der Waals surface area contributed by atoms with Crippen molar-refractivity contribution in [3.05, 3.63) is 11.8 Å². The molecule has 192 valence electrons. The molecule has 0 radical (unpaired) electrons. The first-order valence-corrected chi connectivity index (χ1v) is 12.6. The molecule has 1 fully saturated rings. The van der Waals surface area contributed by atoms with Crippen LogP contribution in [-0.4, -0.2) is 58.9 Å². The van der Waals surface area contributed by atoms with Gasteiger partial charge in [0.15, 0.2) is 0 Å². The van der Waals surface area contributed by atoms with Gasteiger partial charge >= 0.3 is 6.16 Å². The molecular formula is C26H44N3O4S+. The predicted molar refractivity (Wildman–Crippen MR) is 136 cm³/mol. The van der Waals surface area contributed by atoms with Crippen molar-refractivity contribution in [3.8, 4) is 5.88 Å². The molecule has 0 spiro atoms.